The predicted octanol–water partition coefficient (Wildman–Crippen LogP) is -7.12. The van der Waals surface area contributed by atoms with Crippen molar-refractivity contribution in [2.45, 2.75) is 0 Å². The molecule has 1 N–H and O–H groups in total. The fraction of sp³-hybridized carbons (Fsp3) is 0. The van der Waals surface area contributed by atoms with Crippen LogP contribution in [0.3, 0.4) is 0 Å². The minimum Gasteiger partial charge on any atom is -0.256 e. The van der Waals surface area contributed by atoms with Crippen molar-refractivity contribution in [3.63, 3.8) is 0 Å². The number of rotatable bonds is 0. The van der Waals surface area contributed by atoms with Gasteiger partial charge in [0, 0.05) is 3.44 Å². The molecule has 0 spiro atoms. The Balaban J connectivity index is 0. The average molecular weight is 251 g/mol. The van der Waals surface area contributed by atoms with Crippen molar-refractivity contribution in [3.8, 4) is 0 Å². The second kappa shape index (κ2) is 3.13. The van der Waals surface area contributed by atoms with Crippen LogP contribution in [0.2, 0.25) is 0 Å². The van der Waals surface area contributed by atoms with Crippen molar-refractivity contribution in [2.75, 3.05) is 0 Å². The third kappa shape index (κ3) is 72.8. The molecular weight excluding hydrogens is 250 g/mol. The Hall–Kier alpha value is 1.08. The van der Waals surface area contributed by atoms with Crippen molar-refractivity contribution in [3.05, 3.63) is 0 Å². The molecule has 0 rings (SSSR count). The summed E-state index contributed by atoms with van der Waals surface area (Å²) in [5, 5.41) is 0. The summed E-state index contributed by atoms with van der Waals surface area (Å²) in [5.74, 6) is 0. The van der Waals surface area contributed by atoms with E-state index in [1.165, 1.54) is 0 Å². The smallest absolute Gasteiger partial charge is 0.256 e. The summed E-state index contributed by atoms with van der Waals surface area (Å²) in [4.78, 5) is 0. The molecule has 0 bridgehead atoms. The van der Waals surface area contributed by atoms with Crippen LogP contribution in [0.5, 0.6) is 0 Å². The molecule has 0 aromatic rings. The van der Waals surface area contributed by atoms with Gasteiger partial charge in [0.1, 0.15) is 0 Å². The SMILES string of the molecule is [Co+3].[O-][I+3]([O-])([O-])O. The van der Waals surface area contributed by atoms with Gasteiger partial charge in [-0.1, -0.05) is 0 Å². The molecule has 0 atom stereocenters. The van der Waals surface area contributed by atoms with E-state index in [-0.39, 0.29) is 16.8 Å². The summed E-state index contributed by atoms with van der Waals surface area (Å²) in [6.07, 6.45) is 0. The molecule has 0 saturated carbocycles. The zero-order chi connectivity index (χ0) is 4.50. The van der Waals surface area contributed by atoms with E-state index < -0.39 is 20.1 Å². The van der Waals surface area contributed by atoms with Gasteiger partial charge in [0.2, 0.25) is 0 Å². The molecular formula is HCoIO4+3. The monoisotopic (exact) mass is 251 g/mol. The summed E-state index contributed by atoms with van der Waals surface area (Å²) in [5.41, 5.74) is 0. The van der Waals surface area contributed by atoms with E-state index in [9.17, 15) is 0 Å². The Morgan fingerprint density at radius 3 is 1.17 bits per heavy atom. The zero-order valence-corrected chi connectivity index (χ0v) is 5.58. The summed E-state index contributed by atoms with van der Waals surface area (Å²) < 4.78 is 33.2. The van der Waals surface area contributed by atoms with Crippen LogP contribution in [-0.2, 0) is 16.8 Å². The van der Waals surface area contributed by atoms with Crippen LogP contribution in [0.15, 0.2) is 0 Å². The average Bonchev–Trinajstić information content (AvgIpc) is 0.722. The molecule has 38 valence electrons. The summed E-state index contributed by atoms with van der Waals surface area (Å²) in [6, 6.07) is 0. The molecule has 0 amide bonds. The Kier molecular flexibility index (Phi) is 5.28. The predicted molar refractivity (Wildman–Crippen MR) is 2.22 cm³/mol. The Labute approximate surface area is 50.7 Å². The van der Waals surface area contributed by atoms with E-state index in [1.807, 2.05) is 0 Å². The van der Waals surface area contributed by atoms with Gasteiger partial charge in [-0.15, -0.1) is 0 Å². The minimum absolute atomic E-state index is 0. The fourth-order valence-electron chi connectivity index (χ4n) is 0. The topological polar surface area (TPSA) is 89.4 Å². The molecule has 0 aliphatic carbocycles. The third-order valence-electron chi connectivity index (χ3n) is 0. The molecule has 0 fully saturated rings. The van der Waals surface area contributed by atoms with Crippen molar-refractivity contribution in [1.29, 1.82) is 0 Å². The van der Waals surface area contributed by atoms with Crippen LogP contribution in [-0.4, -0.2) is 3.44 Å². The Morgan fingerprint density at radius 2 is 1.17 bits per heavy atom. The maximum absolute atomic E-state index is 8.73. The molecule has 0 unspecified atom stereocenters. The molecule has 0 radical (unpaired) electrons. The van der Waals surface area contributed by atoms with Gasteiger partial charge >= 0.3 is 36.9 Å². The molecule has 0 heterocycles. The maximum Gasteiger partial charge on any atom is 3.00 e. The van der Waals surface area contributed by atoms with Crippen molar-refractivity contribution in [1.82, 2.24) is 0 Å². The van der Waals surface area contributed by atoms with Crippen LogP contribution >= 0.6 is 0 Å². The van der Waals surface area contributed by atoms with E-state index in [2.05, 4.69) is 0 Å². The van der Waals surface area contributed by atoms with Gasteiger partial charge in [-0.3, -0.25) is 10.3 Å². The quantitative estimate of drug-likeness (QED) is 0.433. The summed E-state index contributed by atoms with van der Waals surface area (Å²) >= 11 is -5.69. The van der Waals surface area contributed by atoms with Gasteiger partial charge in [0.15, 0.2) is 0 Å². The number of halogens is 1. The van der Waals surface area contributed by atoms with Crippen molar-refractivity contribution < 1.29 is 50.6 Å². The van der Waals surface area contributed by atoms with Gasteiger partial charge in [0.05, 0.1) is 0 Å². The molecule has 6 heavy (non-hydrogen) atoms. The normalized spacial score (nSPS) is 10.0. The van der Waals surface area contributed by atoms with Gasteiger partial charge in [0.25, 0.3) is 0 Å². The first kappa shape index (κ1) is 10.1. The zero-order valence-electron chi connectivity index (χ0n) is 2.38. The number of hydrogen-bond acceptors (Lipinski definition) is 4. The van der Waals surface area contributed by atoms with Gasteiger partial charge in [-0.25, -0.2) is 0 Å². The maximum atomic E-state index is 8.73. The van der Waals surface area contributed by atoms with Gasteiger partial charge < -0.3 is 0 Å². The van der Waals surface area contributed by atoms with Crippen LogP contribution in [0.25, 0.3) is 0 Å². The molecule has 4 nitrogen and oxygen atoms in total. The van der Waals surface area contributed by atoms with Crippen LogP contribution in [0.4, 0.5) is 0 Å². The van der Waals surface area contributed by atoms with Crippen LogP contribution in [0.1, 0.15) is 0 Å². The van der Waals surface area contributed by atoms with Crippen molar-refractivity contribution in [2.24, 2.45) is 0 Å². The van der Waals surface area contributed by atoms with E-state index >= 15 is 0 Å². The van der Waals surface area contributed by atoms with E-state index in [0.29, 0.717) is 0 Å². The Bertz CT molecular complexity index is 23.0. The second-order valence-corrected chi connectivity index (χ2v) is 2.66. The third-order valence-corrected chi connectivity index (χ3v) is 0. The first-order valence-electron chi connectivity index (χ1n) is 0.632. The molecule has 0 aromatic carbocycles. The second-order valence-electron chi connectivity index (χ2n) is 0.396. The first-order chi connectivity index (χ1) is 2.00. The van der Waals surface area contributed by atoms with Crippen LogP contribution in [0, 0.1) is 0 Å². The fourth-order valence-corrected chi connectivity index (χ4v) is 0. The first-order valence-corrected chi connectivity index (χ1v) is 4.24. The molecule has 0 aliphatic heterocycles. The van der Waals surface area contributed by atoms with Crippen molar-refractivity contribution >= 4 is 0 Å². The molecule has 0 aromatic heterocycles. The van der Waals surface area contributed by atoms with Gasteiger partial charge in [-0.05, 0) is 0 Å². The summed E-state index contributed by atoms with van der Waals surface area (Å²) in [7, 11) is 0. The van der Waals surface area contributed by atoms with Gasteiger partial charge in [-0.2, -0.15) is 0 Å². The van der Waals surface area contributed by atoms with E-state index in [0.717, 1.165) is 0 Å². The largest absolute Gasteiger partial charge is 3.00 e. The minimum atomic E-state index is -5.69. The van der Waals surface area contributed by atoms with Crippen LogP contribution < -0.4 is 30.4 Å². The summed E-state index contributed by atoms with van der Waals surface area (Å²) in [6.45, 7) is 0. The standard InChI is InChI=1S/Co.HIO4/c;2-1(3,4)5/h;2H/q+3;. The molecule has 0 aliphatic rings. The number of hydrogen-bond donors (Lipinski definition) is 1. The molecule has 0 saturated heterocycles. The molecule has 6 heteroatoms. The van der Waals surface area contributed by atoms with E-state index in [1.54, 1.807) is 0 Å². The Morgan fingerprint density at radius 1 is 1.17 bits per heavy atom. The van der Waals surface area contributed by atoms with E-state index in [4.69, 9.17) is 13.7 Å².